The molecule has 3 N–H and O–H groups in total. The Hall–Kier alpha value is -9.51. The van der Waals surface area contributed by atoms with E-state index >= 15 is 0 Å². The zero-order valence-electron chi connectivity index (χ0n) is 62.8. The number of hydrogen-bond acceptors (Lipinski definition) is 15. The predicted molar refractivity (Wildman–Crippen MR) is 350 cm³/mol. The number of benzene rings is 6. The zero-order valence-corrected chi connectivity index (χ0v) is 51.8. The van der Waals surface area contributed by atoms with E-state index in [9.17, 15) is 0 Å². The molecule has 0 bridgehead atoms. The van der Waals surface area contributed by atoms with Crippen molar-refractivity contribution in [1.29, 1.82) is 0 Å². The van der Waals surface area contributed by atoms with Gasteiger partial charge in [0.15, 0.2) is 0 Å². The minimum atomic E-state index is -2.19. The molecule has 0 spiro atoms. The summed E-state index contributed by atoms with van der Waals surface area (Å²) in [6.45, 7) is 33.2. The Morgan fingerprint density at radius 2 is 0.833 bits per heavy atom. The van der Waals surface area contributed by atoms with Gasteiger partial charge in [-0.05, 0) is 207 Å². The fourth-order valence-corrected chi connectivity index (χ4v) is 11.2. The van der Waals surface area contributed by atoms with Crippen LogP contribution in [0.3, 0.4) is 0 Å². The minimum Gasteiger partial charge on any atom is -0.502 e. The van der Waals surface area contributed by atoms with Crippen molar-refractivity contribution in [1.82, 2.24) is 46.4 Å². The van der Waals surface area contributed by atoms with Crippen molar-refractivity contribution in [2.75, 3.05) is 19.5 Å². The van der Waals surface area contributed by atoms with Crippen LogP contribution in [0.1, 0.15) is 167 Å². The first kappa shape index (κ1) is 50.4. The number of nitrogens with one attached hydrogen (secondary N) is 3. The maximum atomic E-state index is 8.10. The van der Waals surface area contributed by atoms with E-state index in [0.29, 0.717) is 82.5 Å². The first-order valence-electron chi connectivity index (χ1n) is 35.2. The molecular weight excluding hydrogens is 1130 g/mol. The second-order valence-corrected chi connectivity index (χ2v) is 22.0. The van der Waals surface area contributed by atoms with E-state index in [1.165, 1.54) is 6.92 Å². The SMILES string of the molecule is [2H]C(C)(C)Oc1ccc(-c2nc(-c3cccc4c3CC[C@@H]4NC([2H])([2H])C([2H])([2H])C)no2)cc1[N+]#[C-].[2H]C([2H])(C)CN[C@H]1CCc2c(-c3noc(-c4ccc(OC([2H])(C)C)c([N+]#[C-])c4)n3)cccc21.[2H]C([2H])(CC)N[C@H]1CCc2c(-c3noc(-c4ccc(OC([2H])(C)C)c([N+]#[C-])c4)n3)cccc21. The van der Waals surface area contributed by atoms with E-state index in [1.54, 1.807) is 103 Å². The van der Waals surface area contributed by atoms with Gasteiger partial charge in [0.1, 0.15) is 17.2 Å². The summed E-state index contributed by atoms with van der Waals surface area (Å²) in [6.07, 6.45) is -1.81. The van der Waals surface area contributed by atoms with Crippen molar-refractivity contribution >= 4 is 17.1 Å². The van der Waals surface area contributed by atoms with Crippen LogP contribution in [0.2, 0.25) is 0 Å². The van der Waals surface area contributed by atoms with Gasteiger partial charge >= 0.3 is 0 Å². The molecule has 0 fully saturated rings. The first-order valence-corrected chi connectivity index (χ1v) is 29.7. The molecule has 0 saturated heterocycles. The monoisotopic (exact) mass is 1220 g/mol. The fourth-order valence-electron chi connectivity index (χ4n) is 11.2. The highest BCUT2D eigenvalue weighted by atomic mass is 16.5. The van der Waals surface area contributed by atoms with Crippen molar-refractivity contribution in [2.45, 2.75) is 156 Å². The van der Waals surface area contributed by atoms with Gasteiger partial charge in [-0.25, -0.2) is 14.5 Å². The van der Waals surface area contributed by atoms with E-state index in [1.807, 2.05) is 55.5 Å². The molecule has 18 heteroatoms. The predicted octanol–water partition coefficient (Wildman–Crippen LogP) is 17.2. The molecule has 90 heavy (non-hydrogen) atoms. The van der Waals surface area contributed by atoms with Gasteiger partial charge in [-0.1, -0.05) is 90.8 Å². The number of aromatic nitrogens is 6. The van der Waals surface area contributed by atoms with Crippen LogP contribution >= 0.6 is 0 Å². The topological polar surface area (TPSA) is 194 Å². The van der Waals surface area contributed by atoms with Crippen LogP contribution in [0.15, 0.2) is 123 Å². The molecule has 0 unspecified atom stereocenters. The highest BCUT2D eigenvalue weighted by Gasteiger charge is 2.30. The van der Waals surface area contributed by atoms with Crippen molar-refractivity contribution in [3.05, 3.63) is 177 Å². The summed E-state index contributed by atoms with van der Waals surface area (Å²) in [4.78, 5) is 24.2. The van der Waals surface area contributed by atoms with Crippen LogP contribution in [0.4, 0.5) is 17.1 Å². The van der Waals surface area contributed by atoms with Crippen molar-refractivity contribution in [3.63, 3.8) is 0 Å². The molecule has 0 amide bonds. The molecule has 18 nitrogen and oxygen atoms in total. The maximum absolute atomic E-state index is 8.10. The lowest BCUT2D eigenvalue weighted by Crippen LogP contribution is -2.19. The Balaban J connectivity index is 0.000000163. The Morgan fingerprint density at radius 3 is 1.14 bits per heavy atom. The molecule has 3 aliphatic rings. The molecule has 3 atom stereocenters. The quantitative estimate of drug-likeness (QED) is 0.0575. The van der Waals surface area contributed by atoms with Gasteiger partial charge in [-0.2, -0.15) is 15.0 Å². The summed E-state index contributed by atoms with van der Waals surface area (Å²) in [6, 6.07) is 32.1. The van der Waals surface area contributed by atoms with Crippen LogP contribution in [-0.4, -0.2) is 68.2 Å². The Bertz CT molecular complexity index is 4620. The normalized spacial score (nSPS) is 18.0. The summed E-state index contributed by atoms with van der Waals surface area (Å²) in [5, 5.41) is 21.8. The van der Waals surface area contributed by atoms with Gasteiger partial charge in [0.2, 0.25) is 34.5 Å². The van der Waals surface area contributed by atoms with E-state index < -0.39 is 44.0 Å². The fraction of sp³-hybridized carbons (Fsp3) is 0.375. The molecular formula is C72H78N12O6. The third-order valence-corrected chi connectivity index (χ3v) is 15.1. The molecule has 6 aromatic carbocycles. The van der Waals surface area contributed by atoms with Crippen molar-refractivity contribution in [2.24, 2.45) is 0 Å². The Kier molecular flexibility index (Phi) is 16.6. The number of rotatable bonds is 21. The molecule has 462 valence electrons. The number of ether oxygens (including phenoxy) is 3. The lowest BCUT2D eigenvalue weighted by molar-refractivity contribution is 0.244. The molecule has 12 rings (SSSR count). The van der Waals surface area contributed by atoms with E-state index in [2.05, 4.69) is 67.0 Å². The lowest BCUT2D eigenvalue weighted by atomic mass is 10.0. The number of hydrogen-bond donors (Lipinski definition) is 3. The minimum absolute atomic E-state index is 0.0590. The first-order chi connectivity index (χ1) is 47.4. The second-order valence-electron chi connectivity index (χ2n) is 22.0. The van der Waals surface area contributed by atoms with Gasteiger partial charge in [-0.3, -0.25) is 0 Å². The smallest absolute Gasteiger partial charge is 0.256 e. The summed E-state index contributed by atoms with van der Waals surface area (Å²) < 4.78 is 120. The average molecular weight is 1220 g/mol. The zero-order chi connectivity index (χ0) is 73.2. The van der Waals surface area contributed by atoms with Crippen molar-refractivity contribution in [3.8, 4) is 85.8 Å². The molecule has 3 aromatic heterocycles. The summed E-state index contributed by atoms with van der Waals surface area (Å²) >= 11 is 0. The summed E-state index contributed by atoms with van der Waals surface area (Å²) in [5.41, 5.74) is 11.3. The van der Waals surface area contributed by atoms with Crippen LogP contribution < -0.4 is 30.2 Å². The van der Waals surface area contributed by atoms with Crippen LogP contribution in [0, 0.1) is 19.7 Å². The maximum Gasteiger partial charge on any atom is 0.256 e. The average Bonchev–Trinajstić information content (AvgIpc) is 1.65. The van der Waals surface area contributed by atoms with E-state index in [-0.39, 0.29) is 47.6 Å². The number of fused-ring (bicyclic) bond motifs is 3. The van der Waals surface area contributed by atoms with Gasteiger partial charge in [0.05, 0.1) is 42.1 Å². The van der Waals surface area contributed by atoms with Gasteiger partial charge in [-0.15, -0.1) is 0 Å². The van der Waals surface area contributed by atoms with Gasteiger partial charge in [0.25, 0.3) is 17.7 Å². The molecule has 0 radical (unpaired) electrons. The number of nitrogens with zero attached hydrogens (tertiary/aromatic N) is 9. The standard InChI is InChI=1S/3C24H26N4O2/c3*1-5-13-26-20-11-10-17-18(20)7-6-8-19(17)23-27-24(30-28-23)16-9-12-22(29-15(2)3)21(14-16)25-4/h3*6-9,12,14-15,20,26H,5,10-11,13H2,1-3H3/t3*20-/m000/s1/i5D2,13D2,15D;13D2,15D;5D2,15D. The molecule has 3 heterocycles. The van der Waals surface area contributed by atoms with Gasteiger partial charge < -0.3 is 43.7 Å². The Labute approximate surface area is 543 Å². The molecule has 3 aliphatic carbocycles. The third kappa shape index (κ3) is 14.6. The van der Waals surface area contributed by atoms with Gasteiger partial charge in [0, 0.05) is 62.5 Å². The molecule has 0 saturated carbocycles. The molecule has 9 aromatic rings. The summed E-state index contributed by atoms with van der Waals surface area (Å²) in [5.74, 6) is 3.12. The highest BCUT2D eigenvalue weighted by molar-refractivity contribution is 5.74. The van der Waals surface area contributed by atoms with E-state index in [0.717, 1.165) is 75.8 Å². The second kappa shape index (κ2) is 29.7. The summed E-state index contributed by atoms with van der Waals surface area (Å²) in [7, 11) is 0. The Morgan fingerprint density at radius 1 is 0.489 bits per heavy atom. The van der Waals surface area contributed by atoms with Crippen LogP contribution in [0.5, 0.6) is 17.2 Å². The van der Waals surface area contributed by atoms with E-state index in [4.69, 9.17) is 62.6 Å². The van der Waals surface area contributed by atoms with Crippen LogP contribution in [0.25, 0.3) is 83.1 Å². The third-order valence-electron chi connectivity index (χ3n) is 15.1. The highest BCUT2D eigenvalue weighted by Crippen LogP contribution is 2.42. The largest absolute Gasteiger partial charge is 0.502 e. The molecule has 0 aliphatic heterocycles. The van der Waals surface area contributed by atoms with Crippen molar-refractivity contribution < 1.29 is 42.9 Å². The van der Waals surface area contributed by atoms with Crippen LogP contribution in [-0.2, 0) is 19.3 Å². The lowest BCUT2D eigenvalue weighted by Gasteiger charge is -2.13.